The molecule has 1 aliphatic carbocycles. The van der Waals surface area contributed by atoms with Gasteiger partial charge in [-0.25, -0.2) is 0 Å². The summed E-state index contributed by atoms with van der Waals surface area (Å²) in [7, 11) is 0. The second kappa shape index (κ2) is 10.3. The van der Waals surface area contributed by atoms with E-state index < -0.39 is 17.9 Å². The fourth-order valence-corrected chi connectivity index (χ4v) is 5.89. The Labute approximate surface area is 224 Å². The van der Waals surface area contributed by atoms with E-state index in [0.29, 0.717) is 11.3 Å². The first-order valence-corrected chi connectivity index (χ1v) is 13.4. The monoisotopic (exact) mass is 530 g/mol. The topological polar surface area (TPSA) is 147 Å². The molecule has 9 nitrogen and oxygen atoms in total. The van der Waals surface area contributed by atoms with Gasteiger partial charge in [-0.1, -0.05) is 43.2 Å². The van der Waals surface area contributed by atoms with E-state index in [4.69, 9.17) is 11.5 Å². The summed E-state index contributed by atoms with van der Waals surface area (Å²) in [6.07, 6.45) is 5.67. The van der Waals surface area contributed by atoms with E-state index in [1.54, 1.807) is 6.20 Å². The van der Waals surface area contributed by atoms with Gasteiger partial charge in [0.2, 0.25) is 5.91 Å². The molecule has 38 heavy (non-hydrogen) atoms. The van der Waals surface area contributed by atoms with Crippen LogP contribution in [0.25, 0.3) is 10.9 Å². The van der Waals surface area contributed by atoms with Crippen LogP contribution in [0.2, 0.25) is 0 Å². The third-order valence-corrected chi connectivity index (χ3v) is 7.97. The number of fused-ring (bicyclic) bond motifs is 1. The fraction of sp³-hybridized carbons (Fsp3) is 0.286. The molecular weight excluding hydrogens is 500 g/mol. The highest BCUT2D eigenvalue weighted by molar-refractivity contribution is 7.09. The number of nitrogens with zero attached hydrogens (tertiary/aromatic N) is 2. The van der Waals surface area contributed by atoms with E-state index in [2.05, 4.69) is 14.7 Å². The first kappa shape index (κ1) is 25.5. The van der Waals surface area contributed by atoms with Gasteiger partial charge in [0.05, 0.1) is 5.69 Å². The van der Waals surface area contributed by atoms with E-state index in [0.717, 1.165) is 59.2 Å². The Morgan fingerprint density at radius 1 is 1.13 bits per heavy atom. The minimum absolute atomic E-state index is 0.0423. The van der Waals surface area contributed by atoms with Crippen LogP contribution in [0.1, 0.15) is 68.6 Å². The van der Waals surface area contributed by atoms with Gasteiger partial charge in [-0.05, 0) is 61.5 Å². The smallest absolute Gasteiger partial charge is 0.273 e. The number of benzene rings is 2. The maximum absolute atomic E-state index is 14.4. The number of primary amides is 1. The predicted molar refractivity (Wildman–Crippen MR) is 149 cm³/mol. The number of aryl methyl sites for hydroxylation is 2. The van der Waals surface area contributed by atoms with Gasteiger partial charge in [0, 0.05) is 34.4 Å². The number of aromatic nitrogens is 2. The van der Waals surface area contributed by atoms with Gasteiger partial charge in [0.1, 0.15) is 10.9 Å². The van der Waals surface area contributed by atoms with Crippen molar-refractivity contribution >= 4 is 51.5 Å². The van der Waals surface area contributed by atoms with Crippen molar-refractivity contribution in [1.29, 1.82) is 0 Å². The number of hydrogen-bond acceptors (Lipinski definition) is 6. The molecule has 0 saturated heterocycles. The molecule has 1 fully saturated rings. The van der Waals surface area contributed by atoms with Gasteiger partial charge in [-0.15, -0.1) is 0 Å². The maximum Gasteiger partial charge on any atom is 0.273 e. The van der Waals surface area contributed by atoms with E-state index in [9.17, 15) is 14.4 Å². The Bertz CT molecular complexity index is 1530. The number of aromatic amines is 1. The number of rotatable bonds is 7. The van der Waals surface area contributed by atoms with Crippen LogP contribution in [0.5, 0.6) is 0 Å². The van der Waals surface area contributed by atoms with Crippen molar-refractivity contribution in [2.75, 3.05) is 10.6 Å². The van der Waals surface area contributed by atoms with Gasteiger partial charge in [-0.2, -0.15) is 4.37 Å². The predicted octanol–water partition coefficient (Wildman–Crippen LogP) is 4.37. The lowest BCUT2D eigenvalue weighted by Crippen LogP contribution is -2.46. The van der Waals surface area contributed by atoms with Crippen molar-refractivity contribution < 1.29 is 14.4 Å². The summed E-state index contributed by atoms with van der Waals surface area (Å²) in [5.41, 5.74) is 15.2. The Morgan fingerprint density at radius 2 is 1.87 bits per heavy atom. The second-order valence-corrected chi connectivity index (χ2v) is 10.6. The summed E-state index contributed by atoms with van der Waals surface area (Å²) >= 11 is 0.802. The number of para-hydroxylation sites is 1. The Hall–Kier alpha value is -4.18. The minimum atomic E-state index is -1.02. The summed E-state index contributed by atoms with van der Waals surface area (Å²) in [5, 5.41) is 4.03. The molecule has 0 radical (unpaired) electrons. The zero-order chi connectivity index (χ0) is 27.0. The van der Waals surface area contributed by atoms with Crippen LogP contribution in [0.15, 0.2) is 48.7 Å². The minimum Gasteiger partial charge on any atom is -0.395 e. The van der Waals surface area contributed by atoms with Crippen LogP contribution >= 0.6 is 11.5 Å². The number of H-pyrrole nitrogens is 1. The standard InChI is InChI=1S/C28H30N6O3S/c1-15-11-12-16(2)21(13-15)34(28(37)25-22(29)23(26(30)35)33-38-25)24(27(36)32-17-7-3-4-8-17)19-14-31-20-10-6-5-9-18(19)20/h5-6,9-14,17,24,31H,3-4,7-8,29H2,1-2H3,(H2,30,35)(H,32,36)/t24-/m0/s1. The molecule has 0 spiro atoms. The van der Waals surface area contributed by atoms with E-state index in [-0.39, 0.29) is 28.2 Å². The number of carbonyl (C=O) groups is 3. The lowest BCUT2D eigenvalue weighted by Gasteiger charge is -2.33. The lowest BCUT2D eigenvalue weighted by atomic mass is 9.99. The molecule has 10 heteroatoms. The normalized spacial score (nSPS) is 14.5. The van der Waals surface area contributed by atoms with Crippen molar-refractivity contribution in [2.45, 2.75) is 51.6 Å². The number of nitrogen functional groups attached to an aromatic ring is 1. The van der Waals surface area contributed by atoms with Gasteiger partial charge in [0.25, 0.3) is 11.8 Å². The number of nitrogens with two attached hydrogens (primary N) is 2. The molecule has 0 aliphatic heterocycles. The Morgan fingerprint density at radius 3 is 2.58 bits per heavy atom. The van der Waals surface area contributed by atoms with Crippen molar-refractivity contribution in [2.24, 2.45) is 5.73 Å². The quantitative estimate of drug-likeness (QED) is 0.280. The van der Waals surface area contributed by atoms with Crippen LogP contribution in [0, 0.1) is 13.8 Å². The number of carbonyl (C=O) groups excluding carboxylic acids is 3. The van der Waals surface area contributed by atoms with Gasteiger partial charge in [0.15, 0.2) is 5.69 Å². The molecule has 6 N–H and O–H groups in total. The summed E-state index contributed by atoms with van der Waals surface area (Å²) in [4.78, 5) is 45.1. The van der Waals surface area contributed by atoms with Crippen LogP contribution in [0.3, 0.4) is 0 Å². The van der Waals surface area contributed by atoms with E-state index in [1.165, 1.54) is 4.90 Å². The SMILES string of the molecule is Cc1ccc(C)c(N(C(=O)c2snc(C(N)=O)c2N)[C@H](C(=O)NC2CCCC2)c2c[nH]c3ccccc23)c1. The first-order valence-electron chi connectivity index (χ1n) is 12.6. The molecule has 0 unspecified atom stereocenters. The zero-order valence-corrected chi connectivity index (χ0v) is 22.1. The average Bonchev–Trinajstić information content (AvgIpc) is 3.64. The van der Waals surface area contributed by atoms with Gasteiger partial charge >= 0.3 is 0 Å². The lowest BCUT2D eigenvalue weighted by molar-refractivity contribution is -0.123. The third kappa shape index (κ3) is 4.63. The highest BCUT2D eigenvalue weighted by Gasteiger charge is 2.38. The molecule has 2 aromatic carbocycles. The maximum atomic E-state index is 14.4. The zero-order valence-electron chi connectivity index (χ0n) is 21.3. The highest BCUT2D eigenvalue weighted by Crippen LogP contribution is 2.38. The molecular formula is C28H30N6O3S. The molecule has 1 aliphatic rings. The molecule has 196 valence electrons. The van der Waals surface area contributed by atoms with Crippen LogP contribution in [0.4, 0.5) is 11.4 Å². The second-order valence-electron chi connectivity index (χ2n) is 9.79. The fourth-order valence-electron chi connectivity index (χ4n) is 5.15. The molecule has 2 heterocycles. The van der Waals surface area contributed by atoms with Crippen LogP contribution in [-0.2, 0) is 4.79 Å². The van der Waals surface area contributed by atoms with Crippen LogP contribution < -0.4 is 21.7 Å². The van der Waals surface area contributed by atoms with Crippen molar-refractivity contribution in [3.63, 3.8) is 0 Å². The van der Waals surface area contributed by atoms with E-state index in [1.807, 2.05) is 56.3 Å². The molecule has 1 atom stereocenters. The van der Waals surface area contributed by atoms with Crippen molar-refractivity contribution in [3.05, 3.63) is 75.9 Å². The molecule has 0 bridgehead atoms. The number of anilines is 2. The van der Waals surface area contributed by atoms with Crippen LogP contribution in [-0.4, -0.2) is 33.1 Å². The summed E-state index contributed by atoms with van der Waals surface area (Å²) in [6.45, 7) is 3.82. The van der Waals surface area contributed by atoms with Gasteiger partial charge in [-0.3, -0.25) is 19.3 Å². The molecule has 3 amide bonds. The summed E-state index contributed by atoms with van der Waals surface area (Å²) < 4.78 is 4.04. The molecule has 5 rings (SSSR count). The summed E-state index contributed by atoms with van der Waals surface area (Å²) in [6, 6.07) is 12.4. The summed E-state index contributed by atoms with van der Waals surface area (Å²) in [5.74, 6) is -1.63. The largest absolute Gasteiger partial charge is 0.395 e. The van der Waals surface area contributed by atoms with E-state index >= 15 is 0 Å². The number of amides is 3. The van der Waals surface area contributed by atoms with Crippen molar-refractivity contribution in [3.8, 4) is 0 Å². The molecule has 1 saturated carbocycles. The van der Waals surface area contributed by atoms with Gasteiger partial charge < -0.3 is 21.8 Å². The number of hydrogen-bond donors (Lipinski definition) is 4. The molecule has 2 aromatic heterocycles. The Balaban J connectivity index is 1.72. The Kier molecular flexibility index (Phi) is 6.90. The molecule has 4 aromatic rings. The average molecular weight is 531 g/mol. The highest BCUT2D eigenvalue weighted by atomic mass is 32.1. The third-order valence-electron chi connectivity index (χ3n) is 7.12. The van der Waals surface area contributed by atoms with Crippen molar-refractivity contribution in [1.82, 2.24) is 14.7 Å². The number of nitrogens with one attached hydrogen (secondary N) is 2. The first-order chi connectivity index (χ1) is 18.3.